The number of aromatic nitrogens is 2. The predicted octanol–water partition coefficient (Wildman–Crippen LogP) is 5.77. The molecule has 1 aromatic heterocycles. The molecule has 0 aliphatic carbocycles. The van der Waals surface area contributed by atoms with Gasteiger partial charge in [-0.2, -0.15) is 0 Å². The number of benzene rings is 4. The normalized spacial score (nSPS) is 12.3. The molecular weight excluding hydrogens is 628 g/mol. The van der Waals surface area contributed by atoms with Crippen molar-refractivity contribution in [1.82, 2.24) is 19.8 Å². The second-order valence-corrected chi connectivity index (χ2v) is 13.1. The van der Waals surface area contributed by atoms with Crippen molar-refractivity contribution in [3.05, 3.63) is 162 Å². The number of carbonyl (C=O) groups is 3. The average Bonchev–Trinajstić information content (AvgIpc) is 3.58. The number of hydrogen-bond acceptors (Lipinski definition) is 7. The van der Waals surface area contributed by atoms with Crippen molar-refractivity contribution < 1.29 is 23.9 Å². The van der Waals surface area contributed by atoms with Crippen LogP contribution < -0.4 is 5.32 Å². The van der Waals surface area contributed by atoms with Gasteiger partial charge in [0, 0.05) is 19.2 Å². The van der Waals surface area contributed by atoms with Crippen LogP contribution in [-0.2, 0) is 42.4 Å². The molecule has 5 aromatic rings. The Morgan fingerprint density at radius 1 is 0.760 bits per heavy atom. The van der Waals surface area contributed by atoms with Gasteiger partial charge in [-0.25, -0.2) is 9.78 Å². The lowest BCUT2D eigenvalue weighted by molar-refractivity contribution is -0.158. The largest absolute Gasteiger partial charge is 0.468 e. The lowest BCUT2D eigenvalue weighted by Gasteiger charge is -2.37. The number of imidazole rings is 1. The maximum Gasteiger partial charge on any atom is 0.329 e. The third kappa shape index (κ3) is 8.92. The lowest BCUT2D eigenvalue weighted by Crippen LogP contribution is -2.49. The minimum atomic E-state index is -1.04. The summed E-state index contributed by atoms with van der Waals surface area (Å²) in [6, 6.07) is 39.1. The molecule has 9 nitrogen and oxygen atoms in total. The van der Waals surface area contributed by atoms with E-state index in [1.165, 1.54) is 7.11 Å². The molecule has 0 saturated heterocycles. The van der Waals surface area contributed by atoms with E-state index in [1.807, 2.05) is 91.1 Å². The van der Waals surface area contributed by atoms with Crippen LogP contribution >= 0.6 is 0 Å². The van der Waals surface area contributed by atoms with Crippen molar-refractivity contribution in [3.8, 4) is 0 Å². The molecule has 0 radical (unpaired) electrons. The second-order valence-electron chi connectivity index (χ2n) is 13.1. The summed E-state index contributed by atoms with van der Waals surface area (Å²) in [5.74, 6) is -1.49. The smallest absolute Gasteiger partial charge is 0.329 e. The first-order valence-corrected chi connectivity index (χ1v) is 16.6. The number of hydrogen-bond donors (Lipinski definition) is 1. The number of rotatable bonds is 14. The molecular formula is C41H44N4O5. The van der Waals surface area contributed by atoms with Crippen LogP contribution in [-0.4, -0.2) is 64.1 Å². The van der Waals surface area contributed by atoms with Gasteiger partial charge in [0.25, 0.3) is 0 Å². The van der Waals surface area contributed by atoms with Gasteiger partial charge >= 0.3 is 11.9 Å². The Kier molecular flexibility index (Phi) is 11.6. The van der Waals surface area contributed by atoms with Gasteiger partial charge in [0.05, 0.1) is 32.2 Å². The minimum absolute atomic E-state index is 0.0811. The highest BCUT2D eigenvalue weighted by Crippen LogP contribution is 2.40. The zero-order chi connectivity index (χ0) is 35.6. The zero-order valence-corrected chi connectivity index (χ0v) is 29.0. The summed E-state index contributed by atoms with van der Waals surface area (Å²) < 4.78 is 12.7. The highest BCUT2D eigenvalue weighted by molar-refractivity contribution is 5.86. The van der Waals surface area contributed by atoms with E-state index < -0.39 is 35.0 Å². The van der Waals surface area contributed by atoms with Crippen molar-refractivity contribution in [2.75, 3.05) is 20.2 Å². The Morgan fingerprint density at radius 3 is 1.74 bits per heavy atom. The van der Waals surface area contributed by atoms with Crippen molar-refractivity contribution >= 4 is 17.8 Å². The molecule has 1 heterocycles. The Labute approximate surface area is 293 Å². The predicted molar refractivity (Wildman–Crippen MR) is 192 cm³/mol. The van der Waals surface area contributed by atoms with Crippen LogP contribution in [0.3, 0.4) is 0 Å². The molecule has 0 aliphatic rings. The second kappa shape index (κ2) is 16.2. The molecule has 1 atom stereocenters. The number of methoxy groups -OCH3 is 1. The van der Waals surface area contributed by atoms with Crippen LogP contribution in [0.5, 0.6) is 0 Å². The van der Waals surface area contributed by atoms with E-state index in [2.05, 4.69) is 46.3 Å². The van der Waals surface area contributed by atoms with Gasteiger partial charge < -0.3 is 19.4 Å². The standard InChI is InChI=1S/C41H44N4O5/c1-40(2,3)50-39(48)36(43-37(46)28-44(29-38(47)49-4)26-31-17-9-5-10-18-31)25-35-27-45(30-42-35)41(32-19-11-6-12-20-32,33-21-13-7-14-22-33)34-23-15-8-16-24-34/h5-24,27,30,36H,25-26,28-29H2,1-4H3,(H,43,46). The summed E-state index contributed by atoms with van der Waals surface area (Å²) in [6.45, 7) is 5.45. The Balaban J connectivity index is 1.48. The lowest BCUT2D eigenvalue weighted by atomic mass is 9.77. The molecule has 4 aromatic carbocycles. The van der Waals surface area contributed by atoms with Crippen molar-refractivity contribution in [3.63, 3.8) is 0 Å². The summed E-state index contributed by atoms with van der Waals surface area (Å²) in [4.78, 5) is 45.9. The number of ether oxygens (including phenoxy) is 2. The highest BCUT2D eigenvalue weighted by Gasteiger charge is 2.39. The van der Waals surface area contributed by atoms with Crippen LogP contribution in [0.15, 0.2) is 134 Å². The van der Waals surface area contributed by atoms with Crippen LogP contribution in [0, 0.1) is 0 Å². The van der Waals surface area contributed by atoms with Crippen LogP contribution in [0.2, 0.25) is 0 Å². The van der Waals surface area contributed by atoms with E-state index in [0.717, 1.165) is 22.3 Å². The van der Waals surface area contributed by atoms with E-state index in [-0.39, 0.29) is 19.5 Å². The van der Waals surface area contributed by atoms with Gasteiger partial charge in [-0.05, 0) is 43.0 Å². The Hall–Kier alpha value is -5.54. The molecule has 0 bridgehead atoms. The Bertz CT molecular complexity index is 1740. The number of carbonyl (C=O) groups excluding carboxylic acids is 3. The van der Waals surface area contributed by atoms with E-state index in [1.54, 1.807) is 32.0 Å². The fraction of sp³-hybridized carbons (Fsp3) is 0.268. The van der Waals surface area contributed by atoms with Gasteiger partial charge in [-0.3, -0.25) is 14.5 Å². The van der Waals surface area contributed by atoms with E-state index >= 15 is 0 Å². The van der Waals surface area contributed by atoms with Gasteiger partial charge in [0.1, 0.15) is 17.2 Å². The third-order valence-corrected chi connectivity index (χ3v) is 8.23. The van der Waals surface area contributed by atoms with Gasteiger partial charge in [0.15, 0.2) is 0 Å². The number of nitrogens with zero attached hydrogens (tertiary/aromatic N) is 3. The topological polar surface area (TPSA) is 103 Å². The highest BCUT2D eigenvalue weighted by atomic mass is 16.6. The monoisotopic (exact) mass is 672 g/mol. The molecule has 0 fully saturated rings. The van der Waals surface area contributed by atoms with Gasteiger partial charge in [-0.15, -0.1) is 0 Å². The number of amides is 1. The quantitative estimate of drug-likeness (QED) is 0.118. The van der Waals surface area contributed by atoms with Crippen LogP contribution in [0.4, 0.5) is 0 Å². The Morgan fingerprint density at radius 2 is 1.26 bits per heavy atom. The molecule has 1 unspecified atom stereocenters. The summed E-state index contributed by atoms with van der Waals surface area (Å²) in [7, 11) is 1.31. The van der Waals surface area contributed by atoms with Crippen molar-refractivity contribution in [2.24, 2.45) is 0 Å². The first kappa shape index (κ1) is 35.8. The third-order valence-electron chi connectivity index (χ3n) is 8.23. The van der Waals surface area contributed by atoms with E-state index in [4.69, 9.17) is 14.5 Å². The maximum atomic E-state index is 13.6. The first-order valence-electron chi connectivity index (χ1n) is 16.6. The SMILES string of the molecule is COC(=O)CN(CC(=O)NC(Cc1cn(C(c2ccccc2)(c2ccccc2)c2ccccc2)cn1)C(=O)OC(C)(C)C)Cc1ccccc1. The average molecular weight is 673 g/mol. The summed E-state index contributed by atoms with van der Waals surface area (Å²) in [5, 5.41) is 2.88. The van der Waals surface area contributed by atoms with Gasteiger partial charge in [-0.1, -0.05) is 121 Å². The number of nitrogens with one attached hydrogen (secondary N) is 1. The fourth-order valence-corrected chi connectivity index (χ4v) is 6.11. The summed E-state index contributed by atoms with van der Waals surface area (Å²) in [6.07, 6.45) is 3.78. The summed E-state index contributed by atoms with van der Waals surface area (Å²) >= 11 is 0. The molecule has 0 spiro atoms. The van der Waals surface area contributed by atoms with Crippen LogP contribution in [0.1, 0.15) is 48.7 Å². The minimum Gasteiger partial charge on any atom is -0.468 e. The molecule has 0 aliphatic heterocycles. The first-order chi connectivity index (χ1) is 24.1. The molecule has 9 heteroatoms. The van der Waals surface area contributed by atoms with E-state index in [9.17, 15) is 14.4 Å². The number of esters is 2. The molecule has 50 heavy (non-hydrogen) atoms. The zero-order valence-electron chi connectivity index (χ0n) is 29.0. The van der Waals surface area contributed by atoms with Crippen LogP contribution in [0.25, 0.3) is 0 Å². The fourth-order valence-electron chi connectivity index (χ4n) is 6.11. The van der Waals surface area contributed by atoms with E-state index in [0.29, 0.717) is 12.2 Å². The molecule has 1 amide bonds. The summed E-state index contributed by atoms with van der Waals surface area (Å²) in [5.41, 5.74) is 3.03. The molecule has 5 rings (SSSR count). The van der Waals surface area contributed by atoms with Crippen molar-refractivity contribution in [1.29, 1.82) is 0 Å². The maximum absolute atomic E-state index is 13.6. The molecule has 258 valence electrons. The molecule has 0 saturated carbocycles. The van der Waals surface area contributed by atoms with Crippen molar-refractivity contribution in [2.45, 2.75) is 50.9 Å². The van der Waals surface area contributed by atoms with Gasteiger partial charge in [0.2, 0.25) is 5.91 Å². The molecule has 1 N–H and O–H groups in total.